The normalized spacial score (nSPS) is 23.2. The lowest BCUT2D eigenvalue weighted by molar-refractivity contribution is -0.0554. The molecule has 0 saturated heterocycles. The van der Waals surface area contributed by atoms with E-state index in [1.54, 1.807) is 0 Å². The molecule has 0 unspecified atom stereocenters. The first kappa shape index (κ1) is 21.2. The number of benzene rings is 1. The third-order valence-corrected chi connectivity index (χ3v) is 6.52. The van der Waals surface area contributed by atoms with Crippen molar-refractivity contribution in [2.45, 2.75) is 57.1 Å². The van der Waals surface area contributed by atoms with Crippen LogP contribution in [0, 0.1) is 11.8 Å². The minimum absolute atomic E-state index is 0.185. The molecule has 1 aromatic carbocycles. The second kappa shape index (κ2) is 8.86. The van der Waals surface area contributed by atoms with Gasteiger partial charge in [-0.3, -0.25) is 4.18 Å². The van der Waals surface area contributed by atoms with Crippen molar-refractivity contribution in [3.8, 4) is 0 Å². The van der Waals surface area contributed by atoms with Crippen molar-refractivity contribution < 1.29 is 30.5 Å². The molecular weight excluding hydrogens is 393 g/mol. The molecule has 0 amide bonds. The number of alkyl halides is 3. The van der Waals surface area contributed by atoms with Gasteiger partial charge in [-0.15, -0.1) is 0 Å². The van der Waals surface area contributed by atoms with Crippen molar-refractivity contribution in [2.24, 2.45) is 11.8 Å². The molecule has 4 nitrogen and oxygen atoms in total. The molecule has 3 rings (SSSR count). The highest BCUT2D eigenvalue weighted by molar-refractivity contribution is 7.87. The zero-order chi connectivity index (χ0) is 20.2. The number of allylic oxidation sites excluding steroid dienone is 2. The molecular formula is C20H25F3O4S. The first-order chi connectivity index (χ1) is 13.3. The van der Waals surface area contributed by atoms with Crippen LogP contribution in [0.3, 0.4) is 0 Å². The Bertz CT molecular complexity index is 773. The van der Waals surface area contributed by atoms with E-state index in [2.05, 4.69) is 4.18 Å². The molecule has 0 radical (unpaired) electrons. The van der Waals surface area contributed by atoms with Crippen LogP contribution in [0.5, 0.6) is 0 Å². The largest absolute Gasteiger partial charge is 0.523 e. The Kier molecular flexibility index (Phi) is 6.70. The SMILES string of the molecule is O=S(=O)(OCC1CCC(C(OCc2ccccc2)=C2CCC2)CC1)C(F)(F)F. The molecule has 2 fully saturated rings. The van der Waals surface area contributed by atoms with Crippen LogP contribution in [0.25, 0.3) is 0 Å². The number of ether oxygens (including phenoxy) is 1. The minimum Gasteiger partial charge on any atom is -0.493 e. The second-order valence-electron chi connectivity index (χ2n) is 7.50. The van der Waals surface area contributed by atoms with Gasteiger partial charge in [0.15, 0.2) is 0 Å². The first-order valence-corrected chi connectivity index (χ1v) is 11.0. The third-order valence-electron chi connectivity index (χ3n) is 5.50. The van der Waals surface area contributed by atoms with Crippen molar-refractivity contribution in [3.63, 3.8) is 0 Å². The van der Waals surface area contributed by atoms with Crippen LogP contribution in [-0.4, -0.2) is 20.5 Å². The first-order valence-electron chi connectivity index (χ1n) is 9.60. The molecule has 0 N–H and O–H groups in total. The summed E-state index contributed by atoms with van der Waals surface area (Å²) in [6, 6.07) is 9.91. The Morgan fingerprint density at radius 1 is 1.04 bits per heavy atom. The highest BCUT2D eigenvalue weighted by Crippen LogP contribution is 2.40. The maximum absolute atomic E-state index is 12.4. The summed E-state index contributed by atoms with van der Waals surface area (Å²) in [6.07, 6.45) is 6.04. The van der Waals surface area contributed by atoms with E-state index >= 15 is 0 Å². The Labute approximate surface area is 163 Å². The van der Waals surface area contributed by atoms with Gasteiger partial charge in [0.25, 0.3) is 0 Å². The van der Waals surface area contributed by atoms with Gasteiger partial charge in [-0.1, -0.05) is 30.3 Å². The summed E-state index contributed by atoms with van der Waals surface area (Å²) < 4.78 is 69.6. The third kappa shape index (κ3) is 5.29. The number of hydrogen-bond acceptors (Lipinski definition) is 4. The lowest BCUT2D eigenvalue weighted by atomic mass is 9.78. The Morgan fingerprint density at radius 2 is 1.68 bits per heavy atom. The second-order valence-corrected chi connectivity index (χ2v) is 9.10. The smallest absolute Gasteiger partial charge is 0.493 e. The summed E-state index contributed by atoms with van der Waals surface area (Å²) in [7, 11) is -5.51. The predicted octanol–water partition coefficient (Wildman–Crippen LogP) is 5.31. The molecule has 156 valence electrons. The molecule has 0 heterocycles. The monoisotopic (exact) mass is 418 g/mol. The van der Waals surface area contributed by atoms with Gasteiger partial charge < -0.3 is 4.74 Å². The molecule has 0 aliphatic heterocycles. The summed E-state index contributed by atoms with van der Waals surface area (Å²) in [6.45, 7) is 0.0951. The van der Waals surface area contributed by atoms with Crippen LogP contribution in [-0.2, 0) is 25.6 Å². The van der Waals surface area contributed by atoms with Gasteiger partial charge in [0.05, 0.1) is 12.4 Å². The Balaban J connectivity index is 1.53. The minimum atomic E-state index is -5.51. The van der Waals surface area contributed by atoms with Crippen LogP contribution in [0.2, 0.25) is 0 Å². The topological polar surface area (TPSA) is 52.6 Å². The maximum atomic E-state index is 12.4. The molecule has 2 aliphatic carbocycles. The number of halogens is 3. The fourth-order valence-corrected chi connectivity index (χ4v) is 4.19. The Hall–Kier alpha value is -1.54. The average Bonchev–Trinajstić information content (AvgIpc) is 2.62. The summed E-state index contributed by atoms with van der Waals surface area (Å²) >= 11 is 0. The van der Waals surface area contributed by atoms with Gasteiger partial charge in [0.2, 0.25) is 0 Å². The van der Waals surface area contributed by atoms with Gasteiger partial charge in [0, 0.05) is 5.92 Å². The van der Waals surface area contributed by atoms with Gasteiger partial charge in [-0.05, 0) is 62.0 Å². The quantitative estimate of drug-likeness (QED) is 0.342. The Morgan fingerprint density at radius 3 is 2.21 bits per heavy atom. The van der Waals surface area contributed by atoms with Gasteiger partial charge >= 0.3 is 15.6 Å². The molecule has 28 heavy (non-hydrogen) atoms. The molecule has 0 spiro atoms. The molecule has 1 aromatic rings. The van der Waals surface area contributed by atoms with Crippen LogP contribution in [0.4, 0.5) is 13.2 Å². The van der Waals surface area contributed by atoms with E-state index in [9.17, 15) is 21.6 Å². The highest BCUT2D eigenvalue weighted by Gasteiger charge is 2.47. The van der Waals surface area contributed by atoms with Crippen LogP contribution in [0.1, 0.15) is 50.5 Å². The van der Waals surface area contributed by atoms with E-state index in [1.165, 1.54) is 5.57 Å². The fourth-order valence-electron chi connectivity index (χ4n) is 3.69. The maximum Gasteiger partial charge on any atom is 0.523 e. The van der Waals surface area contributed by atoms with Gasteiger partial charge in [-0.2, -0.15) is 21.6 Å². The molecule has 8 heteroatoms. The summed E-state index contributed by atoms with van der Waals surface area (Å²) in [4.78, 5) is 0. The zero-order valence-corrected chi connectivity index (χ0v) is 16.4. The van der Waals surface area contributed by atoms with E-state index in [-0.39, 0.29) is 11.8 Å². The average molecular weight is 418 g/mol. The number of hydrogen-bond donors (Lipinski definition) is 0. The lowest BCUT2D eigenvalue weighted by Crippen LogP contribution is -2.29. The van der Waals surface area contributed by atoms with Crippen LogP contribution >= 0.6 is 0 Å². The predicted molar refractivity (Wildman–Crippen MR) is 98.5 cm³/mol. The van der Waals surface area contributed by atoms with Gasteiger partial charge in [-0.25, -0.2) is 0 Å². The van der Waals surface area contributed by atoms with Gasteiger partial charge in [0.1, 0.15) is 6.61 Å². The van der Waals surface area contributed by atoms with Crippen molar-refractivity contribution in [2.75, 3.05) is 6.61 Å². The van der Waals surface area contributed by atoms with E-state index in [4.69, 9.17) is 4.74 Å². The molecule has 2 aliphatic rings. The van der Waals surface area contributed by atoms with Crippen molar-refractivity contribution in [1.82, 2.24) is 0 Å². The summed E-state index contributed by atoms with van der Waals surface area (Å²) in [5, 5.41) is 0. The van der Waals surface area contributed by atoms with E-state index in [0.29, 0.717) is 19.4 Å². The number of rotatable bonds is 7. The van der Waals surface area contributed by atoms with Crippen molar-refractivity contribution >= 4 is 10.1 Å². The van der Waals surface area contributed by atoms with E-state index in [0.717, 1.165) is 43.4 Å². The molecule has 0 aromatic heterocycles. The van der Waals surface area contributed by atoms with Crippen LogP contribution in [0.15, 0.2) is 41.7 Å². The van der Waals surface area contributed by atoms with Crippen molar-refractivity contribution in [1.29, 1.82) is 0 Å². The van der Waals surface area contributed by atoms with E-state index in [1.807, 2.05) is 30.3 Å². The van der Waals surface area contributed by atoms with Crippen LogP contribution < -0.4 is 0 Å². The zero-order valence-electron chi connectivity index (χ0n) is 15.6. The summed E-state index contributed by atoms with van der Waals surface area (Å²) in [5.41, 5.74) is -2.92. The fraction of sp³-hybridized carbons (Fsp3) is 0.600. The molecule has 2 saturated carbocycles. The molecule has 0 bridgehead atoms. The van der Waals surface area contributed by atoms with Crippen molar-refractivity contribution in [3.05, 3.63) is 47.2 Å². The standard InChI is InChI=1S/C20H25F3O4S/c21-20(22,23)28(24,25)27-14-16-9-11-18(12-10-16)19(17-7-4-8-17)26-13-15-5-2-1-3-6-15/h1-3,5-6,16,18H,4,7-14H2. The summed E-state index contributed by atoms with van der Waals surface area (Å²) in [5.74, 6) is 1.10. The molecule has 0 atom stereocenters. The highest BCUT2D eigenvalue weighted by atomic mass is 32.2. The lowest BCUT2D eigenvalue weighted by Gasteiger charge is -2.33. The van der Waals surface area contributed by atoms with E-state index < -0.39 is 22.2 Å².